The first kappa shape index (κ1) is 50.6. The number of phenols is 2. The van der Waals surface area contributed by atoms with Crippen LogP contribution in [0.3, 0.4) is 0 Å². The topological polar surface area (TPSA) is 319 Å². The molecule has 3 aromatic rings. The fraction of sp³-hybridized carbons (Fsp3) is 0.422. The minimum atomic E-state index is -1.60. The number of carboxylic acids is 1. The molecule has 0 bridgehead atoms. The smallest absolute Gasteiger partial charge is 0.326 e. The summed E-state index contributed by atoms with van der Waals surface area (Å²) < 4.78 is 0. The van der Waals surface area contributed by atoms with Crippen LogP contribution in [0.15, 0.2) is 78.9 Å². The number of likely N-dealkylation sites (tertiary alicyclic amines) is 1. The summed E-state index contributed by atoms with van der Waals surface area (Å²) in [6.45, 7) is 1.61. The number of benzene rings is 3. The Bertz CT molecular complexity index is 2120. The Balaban J connectivity index is 1.37. The van der Waals surface area contributed by atoms with Crippen molar-refractivity contribution in [3.63, 3.8) is 0 Å². The number of nitrogens with zero attached hydrogens (tertiary/aromatic N) is 1. The van der Waals surface area contributed by atoms with Crippen LogP contribution in [0.2, 0.25) is 0 Å². The zero-order chi connectivity index (χ0) is 47.6. The van der Waals surface area contributed by atoms with Gasteiger partial charge in [-0.15, -0.1) is 0 Å². The normalized spacial score (nSPS) is 15.6. The highest BCUT2D eigenvalue weighted by Crippen LogP contribution is 2.21. The van der Waals surface area contributed by atoms with Gasteiger partial charge in [-0.3, -0.25) is 33.6 Å². The van der Waals surface area contributed by atoms with Crippen molar-refractivity contribution in [2.24, 2.45) is 11.7 Å². The summed E-state index contributed by atoms with van der Waals surface area (Å²) in [6.07, 6.45) is 0.853. The molecule has 7 amide bonds. The molecule has 0 radical (unpaired) electrons. The Morgan fingerprint density at radius 1 is 0.631 bits per heavy atom. The number of aromatic hydroxyl groups is 2. The van der Waals surface area contributed by atoms with Crippen LogP contribution in [0.5, 0.6) is 11.5 Å². The molecular weight excluding hydrogens is 845 g/mol. The zero-order valence-electron chi connectivity index (χ0n) is 36.2. The van der Waals surface area contributed by atoms with Gasteiger partial charge in [-0.05, 0) is 72.6 Å². The van der Waals surface area contributed by atoms with Gasteiger partial charge in [-0.1, -0.05) is 68.4 Å². The second kappa shape index (κ2) is 24.7. The molecule has 1 aliphatic rings. The minimum Gasteiger partial charge on any atom is -0.508 e. The molecule has 1 fully saturated rings. The van der Waals surface area contributed by atoms with E-state index in [1.807, 2.05) is 0 Å². The van der Waals surface area contributed by atoms with Gasteiger partial charge in [0.15, 0.2) is 0 Å². The number of carbonyl (C=O) groups excluding carboxylic acids is 7. The van der Waals surface area contributed by atoms with Crippen LogP contribution in [0.1, 0.15) is 49.8 Å². The number of aliphatic carboxylic acids is 1. The second-order valence-electron chi connectivity index (χ2n) is 16.2. The van der Waals surface area contributed by atoms with E-state index in [0.29, 0.717) is 23.1 Å². The van der Waals surface area contributed by atoms with E-state index in [1.165, 1.54) is 41.3 Å². The van der Waals surface area contributed by atoms with E-state index in [2.05, 4.69) is 31.9 Å². The predicted molar refractivity (Wildman–Crippen MR) is 234 cm³/mol. The summed E-state index contributed by atoms with van der Waals surface area (Å²) in [7, 11) is 0. The van der Waals surface area contributed by atoms with Crippen molar-refractivity contribution in [2.45, 2.75) is 88.6 Å². The SMILES string of the molecule is CC(C)C[C@H](NC(=O)[C@H](CO)NC(=O)[C@H](Cc1ccc(O)cc1)NC(=O)CNC(=O)CNC(=O)[C@H](Cc1ccccc1)NC(=O)[C@@H](N)Cc1ccc(O)cc1)C(=O)N1CCC[C@H]1C(=O)O. The lowest BCUT2D eigenvalue weighted by Gasteiger charge is -2.29. The van der Waals surface area contributed by atoms with Crippen LogP contribution >= 0.6 is 0 Å². The van der Waals surface area contributed by atoms with Crippen molar-refractivity contribution in [1.29, 1.82) is 0 Å². The quantitative estimate of drug-likeness (QED) is 0.0530. The van der Waals surface area contributed by atoms with Crippen LogP contribution in [-0.4, -0.2) is 135 Å². The number of aliphatic hydroxyl groups is 1. The van der Waals surface area contributed by atoms with Gasteiger partial charge in [0.25, 0.3) is 0 Å². The maximum Gasteiger partial charge on any atom is 0.326 e. The third-order valence-corrected chi connectivity index (χ3v) is 10.5. The zero-order valence-corrected chi connectivity index (χ0v) is 36.2. The third kappa shape index (κ3) is 16.2. The summed E-state index contributed by atoms with van der Waals surface area (Å²) in [6, 6.07) is 13.2. The highest BCUT2D eigenvalue weighted by molar-refractivity contribution is 5.96. The molecule has 0 aliphatic carbocycles. The van der Waals surface area contributed by atoms with Crippen LogP contribution in [0.4, 0.5) is 0 Å². The highest BCUT2D eigenvalue weighted by Gasteiger charge is 2.39. The van der Waals surface area contributed by atoms with E-state index in [-0.39, 0.29) is 56.1 Å². The van der Waals surface area contributed by atoms with E-state index >= 15 is 0 Å². The lowest BCUT2D eigenvalue weighted by Crippen LogP contribution is -2.59. The Labute approximate surface area is 375 Å². The molecule has 0 saturated carbocycles. The second-order valence-corrected chi connectivity index (χ2v) is 16.2. The van der Waals surface area contributed by atoms with Crippen LogP contribution in [-0.2, 0) is 57.6 Å². The summed E-state index contributed by atoms with van der Waals surface area (Å²) in [5, 5.41) is 54.0. The molecule has 0 spiro atoms. The molecule has 6 atom stereocenters. The van der Waals surface area contributed by atoms with Crippen molar-refractivity contribution in [3.05, 3.63) is 95.6 Å². The molecule has 3 aromatic carbocycles. The first-order valence-corrected chi connectivity index (χ1v) is 21.2. The van der Waals surface area contributed by atoms with Gasteiger partial charge in [0.2, 0.25) is 41.4 Å². The number of amides is 7. The van der Waals surface area contributed by atoms with E-state index in [0.717, 1.165) is 0 Å². The molecular formula is C45H58N8O12. The largest absolute Gasteiger partial charge is 0.508 e. The van der Waals surface area contributed by atoms with Crippen molar-refractivity contribution in [1.82, 2.24) is 36.8 Å². The number of hydrogen-bond donors (Lipinski definition) is 11. The van der Waals surface area contributed by atoms with Gasteiger partial charge in [0, 0.05) is 19.4 Å². The van der Waals surface area contributed by atoms with E-state index in [1.54, 1.807) is 56.3 Å². The standard InChI is InChI=1S/C45H58N8O12/c1-26(2)19-35(44(63)53-18-6-9-37(53)45(64)65)51-43(62)36(25-54)52-42(61)34(22-29-12-16-31(56)17-13-29)49-39(58)24-47-38(57)23-48-41(60)33(21-27-7-4-3-5-8-27)50-40(59)32(46)20-28-10-14-30(55)15-11-28/h3-5,7-8,10-17,26,32-37,54-56H,6,9,18-25,46H2,1-2H3,(H,47,57)(H,48,60)(H,49,58)(H,50,59)(H,51,62)(H,52,61)(H,64,65)/t32-,33-,34-,35-,36-,37-/m0/s1. The molecule has 1 aliphatic heterocycles. The van der Waals surface area contributed by atoms with Gasteiger partial charge < -0.3 is 63.0 Å². The number of nitrogens with one attached hydrogen (secondary N) is 6. The summed E-state index contributed by atoms with van der Waals surface area (Å²) in [5.41, 5.74) is 7.99. The number of phenolic OH excluding ortho intramolecular Hbond substituents is 2. The van der Waals surface area contributed by atoms with Gasteiger partial charge in [0.05, 0.1) is 25.7 Å². The lowest BCUT2D eigenvalue weighted by atomic mass is 10.0. The molecule has 1 saturated heterocycles. The minimum absolute atomic E-state index is 0.0468. The maximum absolute atomic E-state index is 13.7. The van der Waals surface area contributed by atoms with Crippen molar-refractivity contribution in [3.8, 4) is 11.5 Å². The fourth-order valence-corrected chi connectivity index (χ4v) is 7.09. The van der Waals surface area contributed by atoms with Crippen LogP contribution in [0.25, 0.3) is 0 Å². The van der Waals surface area contributed by atoms with Crippen molar-refractivity contribution < 1.29 is 58.8 Å². The summed E-state index contributed by atoms with van der Waals surface area (Å²) in [4.78, 5) is 106. The van der Waals surface area contributed by atoms with Crippen LogP contribution in [0, 0.1) is 5.92 Å². The number of aliphatic hydroxyl groups excluding tert-OH is 1. The average Bonchev–Trinajstić information content (AvgIpc) is 3.78. The Kier molecular flexibility index (Phi) is 19.2. The van der Waals surface area contributed by atoms with Gasteiger partial charge in [-0.2, -0.15) is 0 Å². The van der Waals surface area contributed by atoms with E-state index in [9.17, 15) is 58.8 Å². The molecule has 65 heavy (non-hydrogen) atoms. The monoisotopic (exact) mass is 902 g/mol. The predicted octanol–water partition coefficient (Wildman–Crippen LogP) is -1.26. The van der Waals surface area contributed by atoms with Crippen LogP contribution < -0.4 is 37.6 Å². The molecule has 20 heteroatoms. The van der Waals surface area contributed by atoms with Crippen molar-refractivity contribution in [2.75, 3.05) is 26.2 Å². The van der Waals surface area contributed by atoms with Crippen molar-refractivity contribution >= 4 is 47.3 Å². The Morgan fingerprint density at radius 2 is 1.14 bits per heavy atom. The summed E-state index contributed by atoms with van der Waals surface area (Å²) >= 11 is 0. The number of nitrogens with two attached hydrogens (primary N) is 1. The maximum atomic E-state index is 13.7. The Hall–Kier alpha value is -7.06. The molecule has 12 N–H and O–H groups in total. The first-order valence-electron chi connectivity index (χ1n) is 21.2. The molecule has 4 rings (SSSR count). The highest BCUT2D eigenvalue weighted by atomic mass is 16.4. The molecule has 0 aromatic heterocycles. The number of carbonyl (C=O) groups is 8. The third-order valence-electron chi connectivity index (χ3n) is 10.5. The fourth-order valence-electron chi connectivity index (χ4n) is 7.09. The molecule has 1 heterocycles. The Morgan fingerprint density at radius 3 is 1.71 bits per heavy atom. The summed E-state index contributed by atoms with van der Waals surface area (Å²) in [5.74, 6) is -6.78. The number of rotatable bonds is 23. The number of carboxylic acid groups (broad SMARTS) is 1. The van der Waals surface area contributed by atoms with E-state index in [4.69, 9.17) is 5.73 Å². The molecule has 0 unspecified atom stereocenters. The molecule has 20 nitrogen and oxygen atoms in total. The molecule has 350 valence electrons. The first-order chi connectivity index (χ1) is 30.9. The van der Waals surface area contributed by atoms with Gasteiger partial charge >= 0.3 is 5.97 Å². The number of hydrogen-bond acceptors (Lipinski definition) is 12. The lowest BCUT2D eigenvalue weighted by molar-refractivity contribution is -0.149. The van der Waals surface area contributed by atoms with E-state index < -0.39 is 103 Å². The van der Waals surface area contributed by atoms with Gasteiger partial charge in [-0.25, -0.2) is 4.79 Å². The average molecular weight is 903 g/mol. The van der Waals surface area contributed by atoms with Gasteiger partial charge in [0.1, 0.15) is 41.7 Å².